The first kappa shape index (κ1) is 20.8. The summed E-state index contributed by atoms with van der Waals surface area (Å²) in [6.45, 7) is 8.38. The van der Waals surface area contributed by atoms with Crippen molar-refractivity contribution in [2.24, 2.45) is 0 Å². The second-order valence-electron chi connectivity index (χ2n) is 6.80. The minimum Gasteiger partial charge on any atom is -0.376 e. The van der Waals surface area contributed by atoms with Gasteiger partial charge in [0.1, 0.15) is 17.5 Å². The van der Waals surface area contributed by atoms with Gasteiger partial charge in [-0.2, -0.15) is 5.26 Å². The molecule has 1 amide bonds. The van der Waals surface area contributed by atoms with Gasteiger partial charge in [-0.15, -0.1) is 0 Å². The lowest BCUT2D eigenvalue weighted by Crippen LogP contribution is -2.49. The van der Waals surface area contributed by atoms with Crippen LogP contribution in [-0.2, 0) is 4.79 Å². The van der Waals surface area contributed by atoms with Gasteiger partial charge in [-0.05, 0) is 37.1 Å². The SMILES string of the molecule is CCCCN(/C=C(/C#N)C(=O)N1CCN(c2ccc(F)cc2)CC1)CCC. The van der Waals surface area contributed by atoms with E-state index in [2.05, 4.69) is 29.7 Å². The Bertz CT molecular complexity index is 672. The van der Waals surface area contributed by atoms with Crippen molar-refractivity contribution in [2.45, 2.75) is 33.1 Å². The van der Waals surface area contributed by atoms with Gasteiger partial charge in [-0.1, -0.05) is 20.3 Å². The Hall–Kier alpha value is -2.55. The van der Waals surface area contributed by atoms with Gasteiger partial charge in [0.25, 0.3) is 5.91 Å². The van der Waals surface area contributed by atoms with E-state index in [1.165, 1.54) is 12.1 Å². The van der Waals surface area contributed by atoms with E-state index in [1.54, 1.807) is 23.2 Å². The molecule has 0 radical (unpaired) electrons. The average Bonchev–Trinajstić information content (AvgIpc) is 2.70. The lowest BCUT2D eigenvalue weighted by atomic mass is 10.2. The highest BCUT2D eigenvalue weighted by atomic mass is 19.1. The van der Waals surface area contributed by atoms with E-state index >= 15 is 0 Å². The number of anilines is 1. The molecule has 2 rings (SSSR count). The number of benzene rings is 1. The number of unbranched alkanes of at least 4 members (excludes halogenated alkanes) is 1. The summed E-state index contributed by atoms with van der Waals surface area (Å²) < 4.78 is 13.1. The molecule has 6 heteroatoms. The van der Waals surface area contributed by atoms with Crippen molar-refractivity contribution in [1.82, 2.24) is 9.80 Å². The smallest absolute Gasteiger partial charge is 0.266 e. The molecule has 5 nitrogen and oxygen atoms in total. The van der Waals surface area contributed by atoms with E-state index in [0.717, 1.165) is 38.0 Å². The Balaban J connectivity index is 1.98. The summed E-state index contributed by atoms with van der Waals surface area (Å²) in [6.07, 6.45) is 4.83. The first-order valence-electron chi connectivity index (χ1n) is 9.74. The quantitative estimate of drug-likeness (QED) is 0.518. The van der Waals surface area contributed by atoms with Crippen LogP contribution in [0.3, 0.4) is 0 Å². The summed E-state index contributed by atoms with van der Waals surface area (Å²) in [5.41, 5.74) is 1.16. The van der Waals surface area contributed by atoms with E-state index < -0.39 is 0 Å². The van der Waals surface area contributed by atoms with Crippen LogP contribution in [0.5, 0.6) is 0 Å². The highest BCUT2D eigenvalue weighted by Crippen LogP contribution is 2.18. The molecule has 0 aliphatic carbocycles. The minimum absolute atomic E-state index is 0.200. The van der Waals surface area contributed by atoms with Crippen LogP contribution >= 0.6 is 0 Å². The minimum atomic E-state index is -0.254. The molecule has 27 heavy (non-hydrogen) atoms. The summed E-state index contributed by atoms with van der Waals surface area (Å²) >= 11 is 0. The largest absolute Gasteiger partial charge is 0.376 e. The maximum absolute atomic E-state index is 13.1. The Morgan fingerprint density at radius 1 is 1.15 bits per heavy atom. The third kappa shape index (κ3) is 5.99. The molecule has 1 saturated heterocycles. The molecule has 1 heterocycles. The van der Waals surface area contributed by atoms with E-state index in [-0.39, 0.29) is 17.3 Å². The van der Waals surface area contributed by atoms with Gasteiger partial charge in [-0.3, -0.25) is 4.79 Å². The number of nitriles is 1. The zero-order valence-electron chi connectivity index (χ0n) is 16.3. The van der Waals surface area contributed by atoms with Crippen LogP contribution in [0.2, 0.25) is 0 Å². The standard InChI is InChI=1S/C21H29FN4O/c1-3-5-11-24(10-4-2)17-18(16-23)21(27)26-14-12-25(13-15-26)20-8-6-19(22)7-9-20/h6-9,17H,3-5,10-15H2,1-2H3/b18-17-. The molecule has 0 saturated carbocycles. The van der Waals surface area contributed by atoms with Crippen LogP contribution in [0.4, 0.5) is 10.1 Å². The lowest BCUT2D eigenvalue weighted by Gasteiger charge is -2.36. The Kier molecular flexibility index (Phi) is 8.12. The van der Waals surface area contributed by atoms with Gasteiger partial charge in [-0.25, -0.2) is 4.39 Å². The van der Waals surface area contributed by atoms with Crippen LogP contribution < -0.4 is 4.90 Å². The van der Waals surface area contributed by atoms with Crippen molar-refractivity contribution >= 4 is 11.6 Å². The fourth-order valence-electron chi connectivity index (χ4n) is 3.19. The summed E-state index contributed by atoms with van der Waals surface area (Å²) in [4.78, 5) is 18.7. The van der Waals surface area contributed by atoms with Crippen LogP contribution in [0, 0.1) is 17.1 Å². The van der Waals surface area contributed by atoms with Gasteiger partial charge in [0.15, 0.2) is 0 Å². The fraction of sp³-hybridized carbons (Fsp3) is 0.524. The highest BCUT2D eigenvalue weighted by molar-refractivity contribution is 5.97. The summed E-state index contributed by atoms with van der Waals surface area (Å²) in [6, 6.07) is 8.49. The van der Waals surface area contributed by atoms with Gasteiger partial charge in [0.2, 0.25) is 0 Å². The molecular formula is C21H29FN4O. The van der Waals surface area contributed by atoms with Crippen LogP contribution in [0.25, 0.3) is 0 Å². The Labute approximate surface area is 161 Å². The van der Waals surface area contributed by atoms with Gasteiger partial charge < -0.3 is 14.7 Å². The molecule has 0 unspecified atom stereocenters. The van der Waals surface area contributed by atoms with Crippen LogP contribution in [-0.4, -0.2) is 55.0 Å². The Morgan fingerprint density at radius 2 is 1.81 bits per heavy atom. The topological polar surface area (TPSA) is 50.6 Å². The highest BCUT2D eigenvalue weighted by Gasteiger charge is 2.24. The molecule has 0 aromatic heterocycles. The molecule has 146 valence electrons. The van der Waals surface area contributed by atoms with Crippen molar-refractivity contribution in [1.29, 1.82) is 5.26 Å². The fourth-order valence-corrected chi connectivity index (χ4v) is 3.19. The average molecular weight is 372 g/mol. The van der Waals surface area contributed by atoms with E-state index in [0.29, 0.717) is 26.2 Å². The number of carbonyl (C=O) groups is 1. The lowest BCUT2D eigenvalue weighted by molar-refractivity contribution is -0.127. The summed E-state index contributed by atoms with van der Waals surface area (Å²) in [7, 11) is 0. The number of rotatable bonds is 8. The molecule has 1 aromatic rings. The number of piperazine rings is 1. The predicted octanol–water partition coefficient (Wildman–Crippen LogP) is 3.39. The molecule has 1 aliphatic rings. The van der Waals surface area contributed by atoms with Gasteiger partial charge >= 0.3 is 0 Å². The van der Waals surface area contributed by atoms with E-state index in [4.69, 9.17) is 0 Å². The number of nitrogens with zero attached hydrogens (tertiary/aromatic N) is 4. The van der Waals surface area contributed by atoms with E-state index in [1.807, 2.05) is 0 Å². The van der Waals surface area contributed by atoms with Crippen molar-refractivity contribution in [3.05, 3.63) is 41.9 Å². The van der Waals surface area contributed by atoms with Crippen molar-refractivity contribution < 1.29 is 9.18 Å². The zero-order valence-corrected chi connectivity index (χ0v) is 16.3. The monoisotopic (exact) mass is 372 g/mol. The molecule has 0 spiro atoms. The summed E-state index contributed by atoms with van der Waals surface area (Å²) in [5, 5.41) is 9.49. The third-order valence-electron chi connectivity index (χ3n) is 4.73. The maximum atomic E-state index is 13.1. The molecule has 1 fully saturated rings. The second kappa shape index (κ2) is 10.6. The second-order valence-corrected chi connectivity index (χ2v) is 6.80. The van der Waals surface area contributed by atoms with Gasteiger partial charge in [0.05, 0.1) is 0 Å². The molecule has 1 aliphatic heterocycles. The maximum Gasteiger partial charge on any atom is 0.266 e. The van der Waals surface area contributed by atoms with Crippen LogP contribution in [0.1, 0.15) is 33.1 Å². The number of amides is 1. The molecular weight excluding hydrogens is 343 g/mol. The van der Waals surface area contributed by atoms with Crippen molar-refractivity contribution in [2.75, 3.05) is 44.2 Å². The van der Waals surface area contributed by atoms with Crippen LogP contribution in [0.15, 0.2) is 36.0 Å². The Morgan fingerprint density at radius 3 is 2.37 bits per heavy atom. The predicted molar refractivity (Wildman–Crippen MR) is 106 cm³/mol. The van der Waals surface area contributed by atoms with Crippen molar-refractivity contribution in [3.8, 4) is 6.07 Å². The number of carbonyl (C=O) groups excluding carboxylic acids is 1. The number of hydrogen-bond donors (Lipinski definition) is 0. The zero-order chi connectivity index (χ0) is 19.6. The normalized spacial score (nSPS) is 14.8. The molecule has 0 atom stereocenters. The van der Waals surface area contributed by atoms with Gasteiger partial charge in [0, 0.05) is 51.2 Å². The summed E-state index contributed by atoms with van der Waals surface area (Å²) in [5.74, 6) is -0.454. The first-order chi connectivity index (χ1) is 13.1. The van der Waals surface area contributed by atoms with E-state index in [9.17, 15) is 14.4 Å². The molecule has 1 aromatic carbocycles. The molecule has 0 N–H and O–H groups in total. The molecule has 0 bridgehead atoms. The number of halogens is 1. The third-order valence-corrected chi connectivity index (χ3v) is 4.73. The van der Waals surface area contributed by atoms with Crippen molar-refractivity contribution in [3.63, 3.8) is 0 Å². The number of hydrogen-bond acceptors (Lipinski definition) is 4. The first-order valence-corrected chi connectivity index (χ1v) is 9.74.